The molecule has 0 unspecified atom stereocenters. The second-order valence-corrected chi connectivity index (χ2v) is 23.6. The Bertz CT molecular complexity index is 2510. The Morgan fingerprint density at radius 1 is 0.513 bits per heavy atom. The van der Waals surface area contributed by atoms with Crippen LogP contribution >= 0.6 is 0 Å². The van der Waals surface area contributed by atoms with Gasteiger partial charge in [-0.2, -0.15) is 0 Å². The number of benzene rings is 3. The van der Waals surface area contributed by atoms with E-state index >= 15 is 0 Å². The van der Waals surface area contributed by atoms with Crippen LogP contribution in [0.2, 0.25) is 0 Å². The number of aryl methyl sites for hydroxylation is 2. The number of nitrogens with one attached hydrogen (secondary N) is 10. The smallest absolute Gasteiger partial charge is 0.319 e. The average molecular weight is 1080 g/mol. The van der Waals surface area contributed by atoms with E-state index < -0.39 is 83.0 Å². The Balaban J connectivity index is 0.999. The first-order valence-corrected chi connectivity index (χ1v) is 27.5. The van der Waals surface area contributed by atoms with Gasteiger partial charge in [0.25, 0.3) is 0 Å². The number of hydrogen-bond acceptors (Lipinski definition) is 10. The molecule has 0 spiro atoms. The zero-order valence-corrected chi connectivity index (χ0v) is 46.9. The second kappa shape index (κ2) is 25.2. The number of amides is 10. The van der Waals surface area contributed by atoms with Gasteiger partial charge in [0.05, 0.1) is 36.3 Å². The van der Waals surface area contributed by atoms with Gasteiger partial charge in [-0.3, -0.25) is 28.8 Å². The Morgan fingerprint density at radius 2 is 0.872 bits per heavy atom. The van der Waals surface area contributed by atoms with E-state index in [2.05, 4.69) is 65.3 Å². The number of anilines is 2. The van der Waals surface area contributed by atoms with E-state index in [9.17, 15) is 38.4 Å². The van der Waals surface area contributed by atoms with E-state index in [0.29, 0.717) is 11.4 Å². The second-order valence-electron chi connectivity index (χ2n) is 23.6. The van der Waals surface area contributed by atoms with Gasteiger partial charge in [-0.15, -0.1) is 0 Å². The third-order valence-electron chi connectivity index (χ3n) is 15.7. The number of hydrogen-bond donors (Lipinski definition) is 10. The molecule has 2 saturated heterocycles. The van der Waals surface area contributed by atoms with Crippen LogP contribution in [0.15, 0.2) is 72.8 Å². The largest absolute Gasteiger partial charge is 0.347 e. The van der Waals surface area contributed by atoms with Crippen molar-refractivity contribution in [1.82, 2.24) is 52.3 Å². The summed E-state index contributed by atoms with van der Waals surface area (Å²) >= 11 is 0. The summed E-state index contributed by atoms with van der Waals surface area (Å²) in [4.78, 5) is 114. The molecule has 78 heavy (non-hydrogen) atoms. The summed E-state index contributed by atoms with van der Waals surface area (Å²) in [6.45, 7) is 14.5. The third kappa shape index (κ3) is 14.3. The van der Waals surface area contributed by atoms with E-state index in [1.807, 2.05) is 77.9 Å². The summed E-state index contributed by atoms with van der Waals surface area (Å²) in [7, 11) is 3.31. The first kappa shape index (κ1) is 58.6. The average Bonchev–Trinajstić information content (AvgIpc) is 4.14. The lowest BCUT2D eigenvalue weighted by Gasteiger charge is -2.36. The van der Waals surface area contributed by atoms with E-state index in [-0.39, 0.29) is 61.6 Å². The highest BCUT2D eigenvalue weighted by Crippen LogP contribution is 2.34. The molecule has 3 aromatic carbocycles. The van der Waals surface area contributed by atoms with Crippen LogP contribution in [0.5, 0.6) is 0 Å². The van der Waals surface area contributed by atoms with Crippen LogP contribution in [-0.2, 0) is 41.6 Å². The molecule has 10 N–H and O–H groups in total. The van der Waals surface area contributed by atoms with Crippen molar-refractivity contribution >= 4 is 58.9 Å². The number of carbonyl (C=O) groups excluding carboxylic acids is 8. The lowest BCUT2D eigenvalue weighted by molar-refractivity contribution is -0.144. The van der Waals surface area contributed by atoms with Crippen molar-refractivity contribution < 1.29 is 38.4 Å². The first-order chi connectivity index (χ1) is 36.9. The van der Waals surface area contributed by atoms with Crippen molar-refractivity contribution in [3.05, 3.63) is 95.1 Å². The molecule has 2 aliphatic carbocycles. The SMILES string of the molecule is CN[C@@H](C)C(=O)N[C@H](C(=O)N1C[C@@H](NC(=O)Nc2ccc(NC(=O)N[C@H]3C[C@@H](C(=O)N[C@@H]4CCCc5ccccc54)N(C(=O)[C@@H](NC(=O)[C@H](C)NC)C(C)(C)C)C3)cc2)C[C@H]1C(=O)N[C@@H]1CCCc2ccccc21)C(C)(C)C. The summed E-state index contributed by atoms with van der Waals surface area (Å²) < 4.78 is 0. The van der Waals surface area contributed by atoms with Gasteiger partial charge in [-0.05, 0) is 137 Å². The molecule has 10 atom stereocenters. The van der Waals surface area contributed by atoms with Gasteiger partial charge < -0.3 is 63.0 Å². The van der Waals surface area contributed by atoms with Crippen LogP contribution in [0.3, 0.4) is 0 Å². The summed E-state index contributed by atoms with van der Waals surface area (Å²) in [5.74, 6) is -2.27. The fourth-order valence-electron chi connectivity index (χ4n) is 11.0. The van der Waals surface area contributed by atoms with Crippen molar-refractivity contribution in [3.63, 3.8) is 0 Å². The van der Waals surface area contributed by atoms with Crippen LogP contribution in [-0.4, -0.2) is 133 Å². The molecule has 2 aliphatic heterocycles. The van der Waals surface area contributed by atoms with E-state index in [1.165, 1.54) is 20.9 Å². The van der Waals surface area contributed by atoms with Gasteiger partial charge in [-0.1, -0.05) is 90.1 Å². The summed E-state index contributed by atoms with van der Waals surface area (Å²) in [6, 6.07) is 14.6. The fraction of sp³-hybridized carbons (Fsp3) is 0.552. The van der Waals surface area contributed by atoms with E-state index in [0.717, 1.165) is 49.7 Å². The van der Waals surface area contributed by atoms with Gasteiger partial charge in [0.2, 0.25) is 35.4 Å². The van der Waals surface area contributed by atoms with Gasteiger partial charge in [-0.25, -0.2) is 9.59 Å². The fourth-order valence-corrected chi connectivity index (χ4v) is 11.0. The minimum atomic E-state index is -0.974. The topological polar surface area (TPSA) is 263 Å². The molecule has 2 heterocycles. The zero-order valence-electron chi connectivity index (χ0n) is 46.9. The standard InChI is InChI=1S/C58H82N12O8/c1-33(59-9)49(71)67-47(57(3,4)5)53(75)69-31-39(29-45(69)51(73)65-43-23-15-19-35-17-11-13-21-41(35)43)63-55(77)61-37-25-27-38(28-26-37)62-56(78)64-40-30-46(52(74)66-44-24-16-20-36-18-12-14-22-42(36)44)70(32-40)54(76)48(58(6,7)8)68-50(72)34(2)60-10/h11-14,17-18,21-22,25-28,33-34,39-40,43-48,59-60H,15-16,19-20,23-24,29-32H2,1-10H3,(H,65,73)(H,66,74)(H,67,71)(H,68,72)(H2,61,63,77)(H2,62,64,78)/t33-,34-,39-,40-,43+,44+,45-,46-,47+,48+/m0/s1. The molecule has 20 nitrogen and oxygen atoms in total. The number of urea groups is 2. The molecular formula is C58H82N12O8. The van der Waals surface area contributed by atoms with E-state index in [4.69, 9.17) is 0 Å². The lowest BCUT2D eigenvalue weighted by atomic mass is 9.85. The normalized spacial score (nSPS) is 22.5. The minimum Gasteiger partial charge on any atom is -0.347 e. The van der Waals surface area contributed by atoms with Gasteiger partial charge in [0.1, 0.15) is 24.2 Å². The van der Waals surface area contributed by atoms with Crippen molar-refractivity contribution in [1.29, 1.82) is 0 Å². The van der Waals surface area contributed by atoms with Crippen molar-refractivity contribution in [2.75, 3.05) is 37.8 Å². The van der Waals surface area contributed by atoms with Crippen LogP contribution in [0.4, 0.5) is 21.0 Å². The van der Waals surface area contributed by atoms with Crippen LogP contribution < -0.4 is 53.2 Å². The number of nitrogens with zero attached hydrogens (tertiary/aromatic N) is 2. The highest BCUT2D eigenvalue weighted by molar-refractivity contribution is 5.97. The maximum absolute atomic E-state index is 14.6. The highest BCUT2D eigenvalue weighted by atomic mass is 16.2. The summed E-state index contributed by atoms with van der Waals surface area (Å²) in [5, 5.41) is 29.6. The molecule has 7 rings (SSSR count). The summed E-state index contributed by atoms with van der Waals surface area (Å²) in [5.41, 5.74) is 3.77. The molecule has 4 aliphatic rings. The highest BCUT2D eigenvalue weighted by Gasteiger charge is 2.48. The first-order valence-electron chi connectivity index (χ1n) is 27.5. The van der Waals surface area contributed by atoms with E-state index in [1.54, 1.807) is 52.2 Å². The Labute approximate surface area is 458 Å². The molecule has 2 fully saturated rings. The molecule has 0 aromatic heterocycles. The Morgan fingerprint density at radius 3 is 1.22 bits per heavy atom. The number of likely N-dealkylation sites (N-methyl/N-ethyl adjacent to an activating group) is 2. The predicted molar refractivity (Wildman–Crippen MR) is 299 cm³/mol. The molecule has 10 amide bonds. The number of likely N-dealkylation sites (tertiary alicyclic amines) is 2. The third-order valence-corrected chi connectivity index (χ3v) is 15.7. The predicted octanol–water partition coefficient (Wildman–Crippen LogP) is 4.53. The molecular weight excluding hydrogens is 993 g/mol. The molecule has 20 heteroatoms. The van der Waals surface area contributed by atoms with Gasteiger partial charge in [0.15, 0.2) is 0 Å². The van der Waals surface area contributed by atoms with Crippen molar-refractivity contribution in [3.8, 4) is 0 Å². The van der Waals surface area contributed by atoms with Gasteiger partial charge >= 0.3 is 12.1 Å². The number of fused-ring (bicyclic) bond motifs is 2. The van der Waals surface area contributed by atoms with Crippen LogP contribution in [0, 0.1) is 10.8 Å². The van der Waals surface area contributed by atoms with Crippen LogP contribution in [0.1, 0.15) is 128 Å². The number of carbonyl (C=O) groups is 8. The van der Waals surface area contributed by atoms with Gasteiger partial charge in [0, 0.05) is 24.5 Å². The summed E-state index contributed by atoms with van der Waals surface area (Å²) in [6.07, 6.45) is 5.36. The minimum absolute atomic E-state index is 0.0185. The van der Waals surface area contributed by atoms with Crippen molar-refractivity contribution in [2.45, 2.75) is 167 Å². The molecule has 0 bridgehead atoms. The maximum atomic E-state index is 14.6. The molecule has 0 saturated carbocycles. The maximum Gasteiger partial charge on any atom is 0.319 e. The Hall–Kier alpha value is -7.06. The Kier molecular flexibility index (Phi) is 18.9. The molecule has 3 aromatic rings. The lowest BCUT2D eigenvalue weighted by Crippen LogP contribution is -2.59. The van der Waals surface area contributed by atoms with Crippen LogP contribution in [0.25, 0.3) is 0 Å². The molecule has 422 valence electrons. The zero-order chi connectivity index (χ0) is 56.6. The molecule has 0 radical (unpaired) electrons. The number of rotatable bonds is 16. The monoisotopic (exact) mass is 1070 g/mol. The quantitative estimate of drug-likeness (QED) is 0.0958. The van der Waals surface area contributed by atoms with Crippen molar-refractivity contribution in [2.24, 2.45) is 10.8 Å².